The number of carbonyl (C=O) groups excluding carboxylic acids is 2. The van der Waals surface area contributed by atoms with Crippen LogP contribution in [0.4, 0.5) is 23.0 Å². The number of piperazine rings is 1. The molecule has 7 heterocycles. The first-order valence-corrected chi connectivity index (χ1v) is 21.6. The lowest BCUT2D eigenvalue weighted by atomic mass is 9.90. The molecule has 3 fully saturated rings. The molecule has 2 amide bonds. The van der Waals surface area contributed by atoms with Crippen LogP contribution in [0.1, 0.15) is 72.5 Å². The second kappa shape index (κ2) is 16.5. The number of amides is 2. The molecule has 1 unspecified atom stereocenters. The summed E-state index contributed by atoms with van der Waals surface area (Å²) < 4.78 is 15.3. The third kappa shape index (κ3) is 7.66. The average Bonchev–Trinajstić information content (AvgIpc) is 3.77. The van der Waals surface area contributed by atoms with Gasteiger partial charge in [-0.15, -0.1) is 0 Å². The van der Waals surface area contributed by atoms with Gasteiger partial charge >= 0.3 is 0 Å². The van der Waals surface area contributed by atoms with Crippen molar-refractivity contribution in [3.05, 3.63) is 93.8 Å². The summed E-state index contributed by atoms with van der Waals surface area (Å²) in [5.74, 6) is 0.143. The molecule has 15 nitrogen and oxygen atoms in total. The molecule has 1 aromatic carbocycles. The van der Waals surface area contributed by atoms with Crippen LogP contribution in [0, 0.1) is 5.41 Å². The number of nitrogens with zero attached hydrogens (tertiary/aromatic N) is 8. The highest BCUT2D eigenvalue weighted by Gasteiger charge is 2.38. The Labute approximate surface area is 356 Å². The maximum absolute atomic E-state index is 14.1. The van der Waals surface area contributed by atoms with Gasteiger partial charge in [-0.2, -0.15) is 0 Å². The number of hydrogen-bond donors (Lipinski definition) is 2. The molecule has 2 atom stereocenters. The first kappa shape index (κ1) is 41.0. The van der Waals surface area contributed by atoms with Crippen LogP contribution in [-0.4, -0.2) is 117 Å². The van der Waals surface area contributed by atoms with E-state index in [0.29, 0.717) is 72.9 Å². The summed E-state index contributed by atoms with van der Waals surface area (Å²) in [5.41, 5.74) is 6.92. The predicted octanol–water partition coefficient (Wildman–Crippen LogP) is 4.44. The first-order chi connectivity index (χ1) is 29.4. The highest BCUT2D eigenvalue weighted by atomic mass is 16.5. The summed E-state index contributed by atoms with van der Waals surface area (Å²) in [6.07, 6.45) is 8.55. The fraction of sp³-hybridized carbons (Fsp3) is 0.500. The van der Waals surface area contributed by atoms with E-state index >= 15 is 0 Å². The molecule has 5 aliphatic rings. The van der Waals surface area contributed by atoms with E-state index in [4.69, 9.17) is 14.5 Å². The van der Waals surface area contributed by atoms with Gasteiger partial charge in [-0.05, 0) is 80.0 Å². The number of rotatable bonds is 9. The number of hydrogen-bond acceptors (Lipinski definition) is 11. The fourth-order valence-corrected chi connectivity index (χ4v) is 10.3. The third-order valence-corrected chi connectivity index (χ3v) is 13.3. The van der Waals surface area contributed by atoms with Gasteiger partial charge in [0.2, 0.25) is 5.91 Å². The summed E-state index contributed by atoms with van der Waals surface area (Å²) in [7, 11) is 1.66. The van der Waals surface area contributed by atoms with Crippen molar-refractivity contribution in [1.82, 2.24) is 28.9 Å². The maximum Gasteiger partial charge on any atom is 0.293 e. The number of ether oxygens (including phenoxy) is 2. The minimum Gasteiger partial charge on any atom is -0.392 e. The first-order valence-electron chi connectivity index (χ1n) is 21.6. The monoisotopic (exact) mass is 831 g/mol. The van der Waals surface area contributed by atoms with E-state index in [1.165, 1.54) is 21.9 Å². The van der Waals surface area contributed by atoms with Crippen LogP contribution >= 0.6 is 0 Å². The predicted molar refractivity (Wildman–Crippen MR) is 233 cm³/mol. The van der Waals surface area contributed by atoms with Crippen molar-refractivity contribution in [3.8, 4) is 11.3 Å². The average molecular weight is 832 g/mol. The number of nitrogens with one attached hydrogen (secondary N) is 1. The molecule has 4 aliphatic heterocycles. The topological polar surface area (TPSA) is 151 Å². The number of aromatic nitrogens is 4. The highest BCUT2D eigenvalue weighted by molar-refractivity contribution is 6.06. The standard InChI is InChI=1S/C46H57N9O6/c1-6-41(57)54-17-20-61-28-40(54)34-22-31(7-8-37(34)52-14-13-51(25-29(52)2)32-10-18-60-19-11-32)48-42-45(59)50(5)26-36(49-42)33-9-12-47-43(35(33)27-56)55-16-15-53-38(44(55)58)21-30-23-46(3,4)24-39(30)53/h6-9,12,21-22,26,29,32,40,56H,1,10-11,13-20,23-25,27-28H2,2-5H3,(H,48,49)/t29-,40?/m0/s1. The Morgan fingerprint density at radius 2 is 1.85 bits per heavy atom. The van der Waals surface area contributed by atoms with Crippen LogP contribution in [0.25, 0.3) is 11.3 Å². The van der Waals surface area contributed by atoms with Crippen molar-refractivity contribution in [3.63, 3.8) is 0 Å². The fourth-order valence-electron chi connectivity index (χ4n) is 10.3. The molecule has 322 valence electrons. The van der Waals surface area contributed by atoms with Crippen molar-refractivity contribution in [1.29, 1.82) is 0 Å². The van der Waals surface area contributed by atoms with E-state index in [1.807, 2.05) is 23.1 Å². The van der Waals surface area contributed by atoms with Crippen LogP contribution in [0.5, 0.6) is 0 Å². The second-order valence-electron chi connectivity index (χ2n) is 17.9. The van der Waals surface area contributed by atoms with Gasteiger partial charge in [0.1, 0.15) is 11.5 Å². The van der Waals surface area contributed by atoms with Gasteiger partial charge < -0.3 is 38.8 Å². The zero-order valence-electron chi connectivity index (χ0n) is 35.7. The van der Waals surface area contributed by atoms with E-state index in [-0.39, 0.29) is 40.7 Å². The molecule has 0 bridgehead atoms. The Balaban J connectivity index is 1.03. The van der Waals surface area contributed by atoms with E-state index in [2.05, 4.69) is 58.1 Å². The Bertz CT molecular complexity index is 2420. The summed E-state index contributed by atoms with van der Waals surface area (Å²) in [4.78, 5) is 59.1. The number of pyridine rings is 1. The molecule has 9 rings (SSSR count). The van der Waals surface area contributed by atoms with Crippen molar-refractivity contribution in [2.24, 2.45) is 12.5 Å². The molecule has 15 heteroatoms. The normalized spacial score (nSPS) is 22.0. The lowest BCUT2D eigenvalue weighted by molar-refractivity contribution is -0.134. The second-order valence-corrected chi connectivity index (χ2v) is 17.9. The molecular weight excluding hydrogens is 775 g/mol. The molecule has 3 aromatic heterocycles. The number of carbonyl (C=O) groups is 2. The Hall–Kier alpha value is -5.35. The SMILES string of the molecule is C=CC(=O)N1CCOCC1c1cc(Nc2nc(-c3ccnc(N4CCn5c(cc6c5CC(C)(C)C6)C4=O)c3CO)cn(C)c2=O)ccc1N1CCN(C2CCOCC2)C[C@@H]1C. The summed E-state index contributed by atoms with van der Waals surface area (Å²) in [6, 6.07) is 10.1. The summed E-state index contributed by atoms with van der Waals surface area (Å²) in [5, 5.41) is 14.2. The Morgan fingerprint density at radius 3 is 2.62 bits per heavy atom. The number of morpholine rings is 1. The van der Waals surface area contributed by atoms with Gasteiger partial charge in [0.05, 0.1) is 31.6 Å². The van der Waals surface area contributed by atoms with E-state index < -0.39 is 6.61 Å². The van der Waals surface area contributed by atoms with E-state index in [9.17, 15) is 19.5 Å². The van der Waals surface area contributed by atoms with Crippen LogP contribution < -0.4 is 20.7 Å². The molecule has 61 heavy (non-hydrogen) atoms. The van der Waals surface area contributed by atoms with E-state index in [0.717, 1.165) is 69.8 Å². The van der Waals surface area contributed by atoms with Crippen LogP contribution in [0.15, 0.2) is 60.2 Å². The molecule has 0 spiro atoms. The minimum atomic E-state index is -0.392. The van der Waals surface area contributed by atoms with Crippen molar-refractivity contribution in [2.45, 2.75) is 77.7 Å². The number of aryl methyl sites for hydroxylation is 1. The molecule has 4 aromatic rings. The van der Waals surface area contributed by atoms with Gasteiger partial charge in [-0.25, -0.2) is 9.97 Å². The smallest absolute Gasteiger partial charge is 0.293 e. The zero-order chi connectivity index (χ0) is 42.6. The minimum absolute atomic E-state index is 0.0858. The van der Waals surface area contributed by atoms with Gasteiger partial charge in [0.15, 0.2) is 5.82 Å². The van der Waals surface area contributed by atoms with Crippen molar-refractivity contribution < 1.29 is 24.2 Å². The molecule has 2 N–H and O–H groups in total. The van der Waals surface area contributed by atoms with Gasteiger partial charge in [0.25, 0.3) is 11.5 Å². The number of fused-ring (bicyclic) bond motifs is 3. The van der Waals surface area contributed by atoms with Crippen molar-refractivity contribution in [2.75, 3.05) is 74.3 Å². The van der Waals surface area contributed by atoms with Gasteiger partial charge in [-0.1, -0.05) is 20.4 Å². The van der Waals surface area contributed by atoms with Gasteiger partial charge in [-0.3, -0.25) is 24.2 Å². The third-order valence-electron chi connectivity index (χ3n) is 13.3. The van der Waals surface area contributed by atoms with Crippen LogP contribution in [-0.2, 0) is 47.3 Å². The lowest BCUT2D eigenvalue weighted by Crippen LogP contribution is -2.56. The molecular formula is C46H57N9O6. The summed E-state index contributed by atoms with van der Waals surface area (Å²) in [6.45, 7) is 16.6. The molecule has 0 radical (unpaired) electrons. The highest BCUT2D eigenvalue weighted by Crippen LogP contribution is 2.41. The lowest BCUT2D eigenvalue weighted by Gasteiger charge is -2.46. The number of anilines is 4. The quantitative estimate of drug-likeness (QED) is 0.231. The number of aliphatic hydroxyl groups excluding tert-OH is 1. The number of aliphatic hydroxyl groups is 1. The molecule has 1 aliphatic carbocycles. The summed E-state index contributed by atoms with van der Waals surface area (Å²) >= 11 is 0. The maximum atomic E-state index is 14.1. The Morgan fingerprint density at radius 1 is 1.03 bits per heavy atom. The number of benzene rings is 1. The largest absolute Gasteiger partial charge is 0.392 e. The Kier molecular flexibility index (Phi) is 11.1. The van der Waals surface area contributed by atoms with Gasteiger partial charge in [0, 0.05) is 118 Å². The molecule has 0 saturated carbocycles. The zero-order valence-corrected chi connectivity index (χ0v) is 35.7. The van der Waals surface area contributed by atoms with Crippen molar-refractivity contribution >= 4 is 34.8 Å². The van der Waals surface area contributed by atoms with E-state index in [1.54, 1.807) is 30.4 Å². The van der Waals surface area contributed by atoms with Crippen LogP contribution in [0.2, 0.25) is 0 Å². The van der Waals surface area contributed by atoms with Crippen LogP contribution in [0.3, 0.4) is 0 Å². The molecule has 3 saturated heterocycles.